The smallest absolute Gasteiger partial charge is 0.192 e. The zero-order valence-electron chi connectivity index (χ0n) is 11.2. The summed E-state index contributed by atoms with van der Waals surface area (Å²) in [6, 6.07) is 2.25. The van der Waals surface area contributed by atoms with E-state index in [0.717, 1.165) is 33.3 Å². The quantitative estimate of drug-likeness (QED) is 0.712. The average Bonchev–Trinajstić information content (AvgIpc) is 2.34. The first-order valence-corrected chi connectivity index (χ1v) is 6.29. The molecule has 0 bridgehead atoms. The lowest BCUT2D eigenvalue weighted by atomic mass is 10.0. The molecule has 2 heterocycles. The van der Waals surface area contributed by atoms with Crippen LogP contribution in [0.15, 0.2) is 17.1 Å². The van der Waals surface area contributed by atoms with Gasteiger partial charge in [0, 0.05) is 11.8 Å². The third-order valence-corrected chi connectivity index (χ3v) is 3.90. The second-order valence-corrected chi connectivity index (χ2v) is 5.25. The first-order valence-electron chi connectivity index (χ1n) is 6.29. The molecule has 1 aromatic carbocycles. The molecule has 0 fully saturated rings. The number of benzene rings is 1. The van der Waals surface area contributed by atoms with Crippen molar-refractivity contribution in [2.75, 3.05) is 6.61 Å². The minimum atomic E-state index is 0.114. The number of rotatable bonds is 0. The summed E-state index contributed by atoms with van der Waals surface area (Å²) in [7, 11) is 0. The summed E-state index contributed by atoms with van der Waals surface area (Å²) in [6.45, 7) is 8.73. The molecule has 94 valence electrons. The van der Waals surface area contributed by atoms with E-state index < -0.39 is 0 Å². The highest BCUT2D eigenvalue weighted by molar-refractivity contribution is 5.88. The molecule has 0 saturated carbocycles. The van der Waals surface area contributed by atoms with Crippen LogP contribution >= 0.6 is 0 Å². The van der Waals surface area contributed by atoms with Gasteiger partial charge >= 0.3 is 0 Å². The van der Waals surface area contributed by atoms with Crippen LogP contribution in [0.1, 0.15) is 29.7 Å². The Kier molecular flexibility index (Phi) is 2.27. The highest BCUT2D eigenvalue weighted by Gasteiger charge is 2.22. The summed E-state index contributed by atoms with van der Waals surface area (Å²) in [6.07, 6.45) is 1.95. The molecular weight excluding hydrogens is 226 g/mol. The largest absolute Gasteiger partial charge is 0.489 e. The van der Waals surface area contributed by atoms with Crippen molar-refractivity contribution < 1.29 is 4.74 Å². The number of aromatic nitrogens is 1. The van der Waals surface area contributed by atoms with Crippen LogP contribution in [0.3, 0.4) is 0 Å². The number of hydrogen-bond acceptors (Lipinski definition) is 2. The van der Waals surface area contributed by atoms with E-state index in [-0.39, 0.29) is 11.5 Å². The number of pyridine rings is 1. The van der Waals surface area contributed by atoms with Gasteiger partial charge in [-0.05, 0) is 44.9 Å². The lowest BCUT2D eigenvalue weighted by Crippen LogP contribution is -2.24. The summed E-state index contributed by atoms with van der Waals surface area (Å²) in [5.41, 5.74) is 4.11. The Bertz CT molecular complexity index is 713. The highest BCUT2D eigenvalue weighted by Crippen LogP contribution is 2.35. The molecule has 1 aromatic heterocycles. The maximum atomic E-state index is 12.3. The van der Waals surface area contributed by atoms with Crippen LogP contribution in [0, 0.1) is 20.8 Å². The third kappa shape index (κ3) is 1.33. The van der Waals surface area contributed by atoms with Crippen molar-refractivity contribution in [2.45, 2.75) is 33.7 Å². The van der Waals surface area contributed by atoms with Crippen molar-refractivity contribution >= 4 is 10.9 Å². The Morgan fingerprint density at radius 2 is 2.00 bits per heavy atom. The van der Waals surface area contributed by atoms with Gasteiger partial charge in [-0.25, -0.2) is 0 Å². The van der Waals surface area contributed by atoms with Crippen molar-refractivity contribution in [1.29, 1.82) is 0 Å². The van der Waals surface area contributed by atoms with Gasteiger partial charge in [0.05, 0.1) is 16.9 Å². The second kappa shape index (κ2) is 3.61. The Labute approximate surface area is 106 Å². The van der Waals surface area contributed by atoms with E-state index in [0.29, 0.717) is 6.61 Å². The van der Waals surface area contributed by atoms with Gasteiger partial charge in [-0.3, -0.25) is 4.79 Å². The van der Waals surface area contributed by atoms with Crippen molar-refractivity contribution in [3.63, 3.8) is 0 Å². The molecule has 0 amide bonds. The third-order valence-electron chi connectivity index (χ3n) is 3.90. The number of ether oxygens (including phenoxy) is 1. The fourth-order valence-corrected chi connectivity index (χ4v) is 2.65. The maximum Gasteiger partial charge on any atom is 0.192 e. The average molecular weight is 243 g/mol. The summed E-state index contributed by atoms with van der Waals surface area (Å²) < 4.78 is 8.03. The van der Waals surface area contributed by atoms with Gasteiger partial charge in [-0.15, -0.1) is 0 Å². The molecule has 2 aromatic rings. The Hall–Kier alpha value is -1.77. The SMILES string of the molecule is Cc1cc2c(=O)c(C)cn3c2c(c1C)OCC3C. The van der Waals surface area contributed by atoms with E-state index in [4.69, 9.17) is 4.74 Å². The fraction of sp³-hybridized carbons (Fsp3) is 0.400. The van der Waals surface area contributed by atoms with Gasteiger partial charge in [-0.2, -0.15) is 0 Å². The van der Waals surface area contributed by atoms with Crippen LogP contribution in [-0.2, 0) is 0 Å². The van der Waals surface area contributed by atoms with E-state index in [1.165, 1.54) is 0 Å². The maximum absolute atomic E-state index is 12.3. The van der Waals surface area contributed by atoms with Crippen molar-refractivity contribution in [3.8, 4) is 5.75 Å². The monoisotopic (exact) mass is 243 g/mol. The lowest BCUT2D eigenvalue weighted by molar-refractivity contribution is 0.245. The topological polar surface area (TPSA) is 31.2 Å². The van der Waals surface area contributed by atoms with Gasteiger partial charge in [0.25, 0.3) is 0 Å². The molecule has 0 saturated heterocycles. The summed E-state index contributed by atoms with van der Waals surface area (Å²) >= 11 is 0. The van der Waals surface area contributed by atoms with Crippen LogP contribution in [0.5, 0.6) is 5.75 Å². The van der Waals surface area contributed by atoms with Gasteiger partial charge in [0.15, 0.2) is 5.43 Å². The zero-order chi connectivity index (χ0) is 13.0. The predicted octanol–water partition coefficient (Wildman–Crippen LogP) is 2.88. The minimum Gasteiger partial charge on any atom is -0.489 e. The normalized spacial score (nSPS) is 17.9. The molecule has 1 aliphatic rings. The standard InChI is InChI=1S/C15H17NO2/c1-8-5-12-13-15(11(8)4)18-7-10(3)16(13)6-9(2)14(12)17/h5-6,10H,7H2,1-4H3. The Morgan fingerprint density at radius 3 is 2.72 bits per heavy atom. The lowest BCUT2D eigenvalue weighted by Gasteiger charge is -2.28. The Balaban J connectivity index is 2.60. The molecule has 1 unspecified atom stereocenters. The molecule has 1 aliphatic heterocycles. The molecule has 0 N–H and O–H groups in total. The summed E-state index contributed by atoms with van der Waals surface area (Å²) in [4.78, 5) is 12.3. The molecular formula is C15H17NO2. The van der Waals surface area contributed by atoms with Gasteiger partial charge < -0.3 is 9.30 Å². The first-order chi connectivity index (χ1) is 8.50. The van der Waals surface area contributed by atoms with Crippen LogP contribution in [0.2, 0.25) is 0 Å². The van der Waals surface area contributed by atoms with Crippen LogP contribution in [0.4, 0.5) is 0 Å². The van der Waals surface area contributed by atoms with Crippen molar-refractivity contribution in [3.05, 3.63) is 39.2 Å². The van der Waals surface area contributed by atoms with Crippen LogP contribution < -0.4 is 10.2 Å². The van der Waals surface area contributed by atoms with Crippen LogP contribution in [-0.4, -0.2) is 11.2 Å². The summed E-state index contributed by atoms with van der Waals surface area (Å²) in [5, 5.41) is 0.777. The van der Waals surface area contributed by atoms with Crippen LogP contribution in [0.25, 0.3) is 10.9 Å². The number of nitrogens with zero attached hydrogens (tertiary/aromatic N) is 1. The molecule has 3 nitrogen and oxygen atoms in total. The number of hydrogen-bond donors (Lipinski definition) is 0. The predicted molar refractivity (Wildman–Crippen MR) is 72.6 cm³/mol. The van der Waals surface area contributed by atoms with E-state index in [1.54, 1.807) is 0 Å². The molecule has 18 heavy (non-hydrogen) atoms. The molecule has 0 radical (unpaired) electrons. The second-order valence-electron chi connectivity index (χ2n) is 5.25. The number of aryl methyl sites for hydroxylation is 2. The van der Waals surface area contributed by atoms with Gasteiger partial charge in [0.2, 0.25) is 0 Å². The minimum absolute atomic E-state index is 0.114. The van der Waals surface area contributed by atoms with Gasteiger partial charge in [-0.1, -0.05) is 0 Å². The molecule has 3 rings (SSSR count). The van der Waals surface area contributed by atoms with E-state index >= 15 is 0 Å². The zero-order valence-corrected chi connectivity index (χ0v) is 11.2. The van der Waals surface area contributed by atoms with Gasteiger partial charge in [0.1, 0.15) is 12.4 Å². The first kappa shape index (κ1) is 11.3. The van der Waals surface area contributed by atoms with E-state index in [9.17, 15) is 4.79 Å². The van der Waals surface area contributed by atoms with Crippen molar-refractivity contribution in [1.82, 2.24) is 4.57 Å². The highest BCUT2D eigenvalue weighted by atomic mass is 16.5. The summed E-state index contributed by atoms with van der Waals surface area (Å²) in [5.74, 6) is 0.875. The molecule has 0 spiro atoms. The molecule has 1 atom stereocenters. The molecule has 3 heteroatoms. The molecule has 0 aliphatic carbocycles. The Morgan fingerprint density at radius 1 is 1.28 bits per heavy atom. The van der Waals surface area contributed by atoms with Crippen molar-refractivity contribution in [2.24, 2.45) is 0 Å². The van der Waals surface area contributed by atoms with E-state index in [1.807, 2.05) is 26.1 Å². The fourth-order valence-electron chi connectivity index (χ4n) is 2.65. The van der Waals surface area contributed by atoms with E-state index in [2.05, 4.69) is 18.4 Å².